The summed E-state index contributed by atoms with van der Waals surface area (Å²) < 4.78 is 40.6. The molecule has 0 amide bonds. The molecule has 2 N–H and O–H groups in total. The lowest BCUT2D eigenvalue weighted by atomic mass is 9.99. The standard InChI is InChI=1S/C23H21F3N4O3/c24-23(25,26)18-11-15(10-17(12-18)16-2-1-3-19(31)13-16)14-29-6-8-30(9-7-29)21-5-4-20(22(32)33)27-28-21/h1-5,10-13,31H,6-9,14H2,(H,32,33). The van der Waals surface area contributed by atoms with E-state index < -0.39 is 17.7 Å². The van der Waals surface area contributed by atoms with Gasteiger partial charge in [-0.3, -0.25) is 4.90 Å². The van der Waals surface area contributed by atoms with Crippen LogP contribution in [-0.2, 0) is 12.7 Å². The van der Waals surface area contributed by atoms with Gasteiger partial charge in [-0.15, -0.1) is 10.2 Å². The molecule has 0 aliphatic carbocycles. The molecule has 7 nitrogen and oxygen atoms in total. The predicted molar refractivity (Wildman–Crippen MR) is 115 cm³/mol. The number of aromatic hydroxyl groups is 1. The molecule has 1 aliphatic heterocycles. The van der Waals surface area contributed by atoms with Crippen LogP contribution in [-0.4, -0.2) is 57.5 Å². The summed E-state index contributed by atoms with van der Waals surface area (Å²) in [5.41, 5.74) is 0.566. The largest absolute Gasteiger partial charge is 0.508 e. The van der Waals surface area contributed by atoms with Crippen molar-refractivity contribution in [1.82, 2.24) is 15.1 Å². The molecule has 0 saturated carbocycles. The summed E-state index contributed by atoms with van der Waals surface area (Å²) in [4.78, 5) is 14.9. The van der Waals surface area contributed by atoms with E-state index in [4.69, 9.17) is 5.11 Å². The Morgan fingerprint density at radius 3 is 2.30 bits per heavy atom. The second-order valence-corrected chi connectivity index (χ2v) is 7.81. The van der Waals surface area contributed by atoms with Gasteiger partial charge in [0.2, 0.25) is 0 Å². The normalized spacial score (nSPS) is 14.9. The molecule has 0 unspecified atom stereocenters. The number of hydrogen-bond acceptors (Lipinski definition) is 6. The minimum atomic E-state index is -4.49. The van der Waals surface area contributed by atoms with Crippen molar-refractivity contribution in [2.24, 2.45) is 0 Å². The molecule has 4 rings (SSSR count). The number of rotatable bonds is 5. The number of nitrogens with zero attached hydrogens (tertiary/aromatic N) is 4. The lowest BCUT2D eigenvalue weighted by Gasteiger charge is -2.35. The molecule has 2 heterocycles. The molecule has 10 heteroatoms. The SMILES string of the molecule is O=C(O)c1ccc(N2CCN(Cc3cc(-c4cccc(O)c4)cc(C(F)(F)F)c3)CC2)nn1. The fraction of sp³-hybridized carbons (Fsp3) is 0.261. The lowest BCUT2D eigenvalue weighted by Crippen LogP contribution is -2.46. The van der Waals surface area contributed by atoms with Crippen LogP contribution in [0.5, 0.6) is 5.75 Å². The highest BCUT2D eigenvalue weighted by Gasteiger charge is 2.31. The van der Waals surface area contributed by atoms with Gasteiger partial charge >= 0.3 is 12.1 Å². The van der Waals surface area contributed by atoms with Crippen molar-refractivity contribution in [2.75, 3.05) is 31.1 Å². The number of carboxylic acid groups (broad SMARTS) is 1. The van der Waals surface area contributed by atoms with Crippen LogP contribution >= 0.6 is 0 Å². The molecule has 2 aromatic carbocycles. The van der Waals surface area contributed by atoms with Crippen molar-refractivity contribution in [1.29, 1.82) is 0 Å². The predicted octanol–water partition coefficient (Wildman–Crippen LogP) is 3.89. The van der Waals surface area contributed by atoms with Crippen LogP contribution in [0.3, 0.4) is 0 Å². The number of phenolic OH excluding ortho intramolecular Hbond substituents is 1. The fourth-order valence-electron chi connectivity index (χ4n) is 3.80. The molecule has 0 spiro atoms. The van der Waals surface area contributed by atoms with Gasteiger partial charge in [-0.25, -0.2) is 4.79 Å². The molecule has 3 aromatic rings. The van der Waals surface area contributed by atoms with Gasteiger partial charge in [-0.2, -0.15) is 13.2 Å². The highest BCUT2D eigenvalue weighted by Crippen LogP contribution is 2.34. The summed E-state index contributed by atoms with van der Waals surface area (Å²) in [5, 5.41) is 26.3. The van der Waals surface area contributed by atoms with Crippen LogP contribution in [0, 0.1) is 0 Å². The topological polar surface area (TPSA) is 89.8 Å². The second kappa shape index (κ2) is 9.07. The van der Waals surface area contributed by atoms with E-state index in [1.165, 1.54) is 18.2 Å². The Bertz CT molecular complexity index is 1140. The van der Waals surface area contributed by atoms with E-state index in [1.54, 1.807) is 24.3 Å². The number of piperazine rings is 1. The Morgan fingerprint density at radius 1 is 0.939 bits per heavy atom. The van der Waals surface area contributed by atoms with Crippen molar-refractivity contribution in [3.8, 4) is 16.9 Å². The first kappa shape index (κ1) is 22.5. The van der Waals surface area contributed by atoms with E-state index in [2.05, 4.69) is 15.1 Å². The Hall–Kier alpha value is -3.66. The number of phenols is 1. The Labute approximate surface area is 187 Å². The van der Waals surface area contributed by atoms with Gasteiger partial charge in [0.25, 0.3) is 0 Å². The van der Waals surface area contributed by atoms with E-state index in [0.29, 0.717) is 55.2 Å². The van der Waals surface area contributed by atoms with Gasteiger partial charge in [-0.1, -0.05) is 12.1 Å². The molecule has 0 radical (unpaired) electrons. The Balaban J connectivity index is 1.48. The van der Waals surface area contributed by atoms with Crippen molar-refractivity contribution < 1.29 is 28.2 Å². The Morgan fingerprint density at radius 2 is 1.70 bits per heavy atom. The third kappa shape index (κ3) is 5.40. The third-order valence-corrected chi connectivity index (χ3v) is 5.47. The zero-order valence-corrected chi connectivity index (χ0v) is 17.5. The molecule has 1 aliphatic rings. The van der Waals surface area contributed by atoms with Crippen LogP contribution in [0.2, 0.25) is 0 Å². The number of aromatic carboxylic acids is 1. The van der Waals surface area contributed by atoms with E-state index in [0.717, 1.165) is 12.1 Å². The molecule has 0 bridgehead atoms. The summed E-state index contributed by atoms with van der Waals surface area (Å²) in [6, 6.07) is 13.1. The van der Waals surface area contributed by atoms with Crippen molar-refractivity contribution in [2.45, 2.75) is 12.7 Å². The number of halogens is 3. The summed E-state index contributed by atoms with van der Waals surface area (Å²) in [7, 11) is 0. The maximum atomic E-state index is 13.5. The van der Waals surface area contributed by atoms with Crippen molar-refractivity contribution >= 4 is 11.8 Å². The molecule has 33 heavy (non-hydrogen) atoms. The number of hydrogen-bond donors (Lipinski definition) is 2. The monoisotopic (exact) mass is 458 g/mol. The van der Waals surface area contributed by atoms with Crippen molar-refractivity contribution in [3.63, 3.8) is 0 Å². The number of benzene rings is 2. The Kier molecular flexibility index (Phi) is 6.19. The second-order valence-electron chi connectivity index (χ2n) is 7.81. The number of aromatic nitrogens is 2. The zero-order valence-electron chi connectivity index (χ0n) is 17.5. The summed E-state index contributed by atoms with van der Waals surface area (Å²) in [6.07, 6.45) is -4.49. The van der Waals surface area contributed by atoms with Crippen LogP contribution in [0.25, 0.3) is 11.1 Å². The van der Waals surface area contributed by atoms with E-state index >= 15 is 0 Å². The lowest BCUT2D eigenvalue weighted by molar-refractivity contribution is -0.137. The van der Waals surface area contributed by atoms with Crippen molar-refractivity contribution in [3.05, 3.63) is 71.4 Å². The molecular formula is C23H21F3N4O3. The van der Waals surface area contributed by atoms with Gasteiger partial charge in [-0.05, 0) is 59.2 Å². The highest BCUT2D eigenvalue weighted by atomic mass is 19.4. The molecule has 1 fully saturated rings. The van der Waals surface area contributed by atoms with E-state index in [-0.39, 0.29) is 11.4 Å². The maximum Gasteiger partial charge on any atom is 0.416 e. The molecule has 0 atom stereocenters. The highest BCUT2D eigenvalue weighted by molar-refractivity contribution is 5.85. The van der Waals surface area contributed by atoms with E-state index in [1.807, 2.05) is 4.90 Å². The van der Waals surface area contributed by atoms with Gasteiger partial charge in [0, 0.05) is 32.7 Å². The summed E-state index contributed by atoms with van der Waals surface area (Å²) in [5.74, 6) is -0.600. The maximum absolute atomic E-state index is 13.5. The summed E-state index contributed by atoms with van der Waals surface area (Å²) >= 11 is 0. The summed E-state index contributed by atoms with van der Waals surface area (Å²) in [6.45, 7) is 2.70. The van der Waals surface area contributed by atoms with Gasteiger partial charge in [0.15, 0.2) is 11.5 Å². The molecule has 1 aromatic heterocycles. The minimum absolute atomic E-state index is 0.0120. The average Bonchev–Trinajstić information content (AvgIpc) is 2.79. The molecule has 172 valence electrons. The van der Waals surface area contributed by atoms with E-state index in [9.17, 15) is 23.1 Å². The first-order valence-corrected chi connectivity index (χ1v) is 10.2. The number of carboxylic acids is 1. The number of alkyl halides is 3. The quantitative estimate of drug-likeness (QED) is 0.600. The first-order valence-electron chi connectivity index (χ1n) is 10.2. The van der Waals surface area contributed by atoms with Crippen LogP contribution in [0.4, 0.5) is 19.0 Å². The smallest absolute Gasteiger partial charge is 0.416 e. The van der Waals surface area contributed by atoms with Gasteiger partial charge < -0.3 is 15.1 Å². The number of anilines is 1. The average molecular weight is 458 g/mol. The fourth-order valence-corrected chi connectivity index (χ4v) is 3.80. The van der Waals surface area contributed by atoms with Gasteiger partial charge in [0.1, 0.15) is 5.75 Å². The number of carbonyl (C=O) groups is 1. The van der Waals surface area contributed by atoms with Crippen LogP contribution in [0.1, 0.15) is 21.6 Å². The minimum Gasteiger partial charge on any atom is -0.508 e. The molecule has 1 saturated heterocycles. The van der Waals surface area contributed by atoms with Crippen LogP contribution < -0.4 is 4.90 Å². The molecular weight excluding hydrogens is 437 g/mol. The van der Waals surface area contributed by atoms with Gasteiger partial charge in [0.05, 0.1) is 5.56 Å². The first-order chi connectivity index (χ1) is 15.7. The van der Waals surface area contributed by atoms with Crippen LogP contribution in [0.15, 0.2) is 54.6 Å². The third-order valence-electron chi connectivity index (χ3n) is 5.47. The zero-order chi connectivity index (χ0) is 23.6.